The quantitative estimate of drug-likeness (QED) is 0.575. The van der Waals surface area contributed by atoms with Crippen molar-refractivity contribution in [1.82, 2.24) is 9.97 Å². The molecule has 0 saturated heterocycles. The van der Waals surface area contributed by atoms with Crippen molar-refractivity contribution >= 4 is 11.6 Å². The summed E-state index contributed by atoms with van der Waals surface area (Å²) >= 11 is 0. The summed E-state index contributed by atoms with van der Waals surface area (Å²) in [4.78, 5) is 9.04. The molecule has 1 aromatic heterocycles. The van der Waals surface area contributed by atoms with Gasteiger partial charge in [0.1, 0.15) is 17.5 Å². The predicted octanol–water partition coefficient (Wildman–Crippen LogP) is 2.82. The van der Waals surface area contributed by atoms with Crippen molar-refractivity contribution < 1.29 is 5.11 Å². The van der Waals surface area contributed by atoms with E-state index in [1.165, 1.54) is 0 Å². The largest absolute Gasteiger partial charge is 0.393 e. The van der Waals surface area contributed by atoms with Crippen LogP contribution in [-0.2, 0) is 6.42 Å². The van der Waals surface area contributed by atoms with Gasteiger partial charge < -0.3 is 15.7 Å². The SMILES string of the molecule is CCCNc1cc(NCCCC(C)O)nc(CCC)n1. The third kappa shape index (κ3) is 6.70. The van der Waals surface area contributed by atoms with Crippen molar-refractivity contribution in [2.75, 3.05) is 23.7 Å². The Kier molecular flexibility index (Phi) is 7.95. The van der Waals surface area contributed by atoms with Crippen molar-refractivity contribution in [2.45, 2.75) is 59.0 Å². The maximum Gasteiger partial charge on any atom is 0.133 e. The van der Waals surface area contributed by atoms with Crippen LogP contribution in [0.25, 0.3) is 0 Å². The van der Waals surface area contributed by atoms with Gasteiger partial charge in [-0.2, -0.15) is 0 Å². The second-order valence-electron chi connectivity index (χ2n) is 5.15. The molecule has 1 rings (SSSR count). The molecule has 0 saturated carbocycles. The van der Waals surface area contributed by atoms with Crippen LogP contribution in [0.1, 0.15) is 52.3 Å². The van der Waals surface area contributed by atoms with E-state index in [0.29, 0.717) is 0 Å². The molecule has 1 aromatic rings. The van der Waals surface area contributed by atoms with Gasteiger partial charge in [-0.25, -0.2) is 9.97 Å². The molecular weight excluding hydrogens is 252 g/mol. The summed E-state index contributed by atoms with van der Waals surface area (Å²) in [7, 11) is 0. The number of anilines is 2. The highest BCUT2D eigenvalue weighted by Crippen LogP contribution is 2.13. The molecular formula is C15H28N4O. The van der Waals surface area contributed by atoms with Crippen LogP contribution in [-0.4, -0.2) is 34.3 Å². The summed E-state index contributed by atoms with van der Waals surface area (Å²) in [5.41, 5.74) is 0. The molecule has 114 valence electrons. The molecule has 5 nitrogen and oxygen atoms in total. The topological polar surface area (TPSA) is 70.1 Å². The van der Waals surface area contributed by atoms with Crippen molar-refractivity contribution in [3.05, 3.63) is 11.9 Å². The molecule has 0 radical (unpaired) electrons. The van der Waals surface area contributed by atoms with Crippen molar-refractivity contribution in [1.29, 1.82) is 0 Å². The average Bonchev–Trinajstić information content (AvgIpc) is 2.41. The summed E-state index contributed by atoms with van der Waals surface area (Å²) in [6.07, 6.45) is 4.51. The highest BCUT2D eigenvalue weighted by molar-refractivity contribution is 5.47. The first-order valence-corrected chi connectivity index (χ1v) is 7.69. The first kappa shape index (κ1) is 16.7. The number of aliphatic hydroxyl groups is 1. The molecule has 0 aliphatic carbocycles. The van der Waals surface area contributed by atoms with Gasteiger partial charge in [0.15, 0.2) is 0 Å². The van der Waals surface area contributed by atoms with Gasteiger partial charge in [0.2, 0.25) is 0 Å². The monoisotopic (exact) mass is 280 g/mol. The van der Waals surface area contributed by atoms with Crippen LogP contribution in [0.5, 0.6) is 0 Å². The van der Waals surface area contributed by atoms with Gasteiger partial charge in [-0.05, 0) is 32.6 Å². The Bertz CT molecular complexity index is 382. The minimum atomic E-state index is -0.236. The van der Waals surface area contributed by atoms with Crippen LogP contribution in [0.2, 0.25) is 0 Å². The minimum absolute atomic E-state index is 0.236. The fourth-order valence-corrected chi connectivity index (χ4v) is 1.88. The third-order valence-corrected chi connectivity index (χ3v) is 2.91. The average molecular weight is 280 g/mol. The van der Waals surface area contributed by atoms with Gasteiger partial charge >= 0.3 is 0 Å². The summed E-state index contributed by atoms with van der Waals surface area (Å²) in [5.74, 6) is 2.64. The van der Waals surface area contributed by atoms with Gasteiger partial charge in [0, 0.05) is 25.6 Å². The van der Waals surface area contributed by atoms with Crippen LogP contribution < -0.4 is 10.6 Å². The third-order valence-electron chi connectivity index (χ3n) is 2.91. The molecule has 0 spiro atoms. The highest BCUT2D eigenvalue weighted by Gasteiger charge is 2.04. The number of aryl methyl sites for hydroxylation is 1. The molecule has 1 atom stereocenters. The van der Waals surface area contributed by atoms with Crippen molar-refractivity contribution in [2.24, 2.45) is 0 Å². The molecule has 1 unspecified atom stereocenters. The maximum atomic E-state index is 9.24. The zero-order valence-corrected chi connectivity index (χ0v) is 12.9. The lowest BCUT2D eigenvalue weighted by molar-refractivity contribution is 0.183. The minimum Gasteiger partial charge on any atom is -0.393 e. The predicted molar refractivity (Wildman–Crippen MR) is 84.2 cm³/mol. The Balaban J connectivity index is 2.60. The van der Waals surface area contributed by atoms with E-state index in [4.69, 9.17) is 0 Å². The summed E-state index contributed by atoms with van der Waals surface area (Å²) < 4.78 is 0. The lowest BCUT2D eigenvalue weighted by Gasteiger charge is -2.11. The van der Waals surface area contributed by atoms with Gasteiger partial charge in [0.05, 0.1) is 6.10 Å². The number of nitrogens with zero attached hydrogens (tertiary/aromatic N) is 2. The number of nitrogens with one attached hydrogen (secondary N) is 2. The highest BCUT2D eigenvalue weighted by atomic mass is 16.3. The van der Waals surface area contributed by atoms with Crippen LogP contribution in [0.15, 0.2) is 6.07 Å². The molecule has 1 heterocycles. The standard InChI is InChI=1S/C15H28N4O/c1-4-7-13-18-14(16-9-5-2)11-15(19-13)17-10-6-8-12(3)20/h11-12,20H,4-10H2,1-3H3,(H2,16,17,18,19). The van der Waals surface area contributed by atoms with E-state index in [-0.39, 0.29) is 6.10 Å². The Morgan fingerprint density at radius 3 is 2.30 bits per heavy atom. The van der Waals surface area contributed by atoms with E-state index in [1.807, 2.05) is 13.0 Å². The van der Waals surface area contributed by atoms with E-state index in [1.54, 1.807) is 0 Å². The molecule has 0 fully saturated rings. The molecule has 20 heavy (non-hydrogen) atoms. The second-order valence-corrected chi connectivity index (χ2v) is 5.15. The molecule has 0 aromatic carbocycles. The first-order chi connectivity index (χ1) is 9.65. The number of hydrogen-bond acceptors (Lipinski definition) is 5. The van der Waals surface area contributed by atoms with Gasteiger partial charge in [-0.3, -0.25) is 0 Å². The lowest BCUT2D eigenvalue weighted by Crippen LogP contribution is -2.11. The Morgan fingerprint density at radius 1 is 1.10 bits per heavy atom. The van der Waals surface area contributed by atoms with Crippen LogP contribution in [0.4, 0.5) is 11.6 Å². The molecule has 0 aliphatic rings. The Morgan fingerprint density at radius 2 is 1.75 bits per heavy atom. The second kappa shape index (κ2) is 9.53. The Hall–Kier alpha value is -1.36. The van der Waals surface area contributed by atoms with E-state index in [2.05, 4.69) is 34.4 Å². The molecule has 0 aliphatic heterocycles. The summed E-state index contributed by atoms with van der Waals surface area (Å²) in [5, 5.41) is 15.9. The van der Waals surface area contributed by atoms with Crippen LogP contribution in [0, 0.1) is 0 Å². The van der Waals surface area contributed by atoms with Gasteiger partial charge in [-0.15, -0.1) is 0 Å². The molecule has 0 amide bonds. The normalized spacial score (nSPS) is 12.2. The zero-order chi connectivity index (χ0) is 14.8. The zero-order valence-electron chi connectivity index (χ0n) is 12.9. The lowest BCUT2D eigenvalue weighted by atomic mass is 10.2. The Labute approximate surface area is 122 Å². The molecule has 3 N–H and O–H groups in total. The fraction of sp³-hybridized carbons (Fsp3) is 0.733. The fourth-order valence-electron chi connectivity index (χ4n) is 1.88. The molecule has 0 bridgehead atoms. The first-order valence-electron chi connectivity index (χ1n) is 7.69. The van der Waals surface area contributed by atoms with E-state index in [0.717, 1.165) is 62.7 Å². The van der Waals surface area contributed by atoms with Gasteiger partial charge in [0.25, 0.3) is 0 Å². The van der Waals surface area contributed by atoms with E-state index < -0.39 is 0 Å². The number of aromatic nitrogens is 2. The van der Waals surface area contributed by atoms with E-state index in [9.17, 15) is 5.11 Å². The van der Waals surface area contributed by atoms with Crippen LogP contribution >= 0.6 is 0 Å². The number of rotatable bonds is 10. The van der Waals surface area contributed by atoms with Crippen molar-refractivity contribution in [3.63, 3.8) is 0 Å². The molecule has 5 heteroatoms. The number of hydrogen-bond donors (Lipinski definition) is 3. The van der Waals surface area contributed by atoms with Gasteiger partial charge in [-0.1, -0.05) is 13.8 Å². The summed E-state index contributed by atoms with van der Waals surface area (Å²) in [6.45, 7) is 7.82. The smallest absolute Gasteiger partial charge is 0.133 e. The number of aliphatic hydroxyl groups excluding tert-OH is 1. The van der Waals surface area contributed by atoms with E-state index >= 15 is 0 Å². The van der Waals surface area contributed by atoms with Crippen molar-refractivity contribution in [3.8, 4) is 0 Å². The maximum absolute atomic E-state index is 9.24. The summed E-state index contributed by atoms with van der Waals surface area (Å²) in [6, 6.07) is 1.96. The van der Waals surface area contributed by atoms with Crippen LogP contribution in [0.3, 0.4) is 0 Å².